The Morgan fingerprint density at radius 1 is 0.370 bits per heavy atom. The Morgan fingerprint density at radius 3 is 0.981 bits per heavy atom. The number of rotatable bonds is 18. The first-order valence-electron chi connectivity index (χ1n) is 18.0. The van der Waals surface area contributed by atoms with Crippen molar-refractivity contribution in [1.29, 1.82) is 0 Å². The monoisotopic (exact) mass is 730 g/mol. The van der Waals surface area contributed by atoms with Crippen LogP contribution in [0.5, 0.6) is 34.5 Å². The lowest BCUT2D eigenvalue weighted by Gasteiger charge is -2.09. The van der Waals surface area contributed by atoms with E-state index in [1.165, 1.54) is 66.7 Å². The number of carbonyl (C=O) groups is 4. The molecular formula is C44H42O10. The quantitative estimate of drug-likeness (QED) is 0.0489. The van der Waals surface area contributed by atoms with E-state index in [1.54, 1.807) is 54.6 Å². The summed E-state index contributed by atoms with van der Waals surface area (Å²) in [6, 6.07) is 31.4. The third kappa shape index (κ3) is 11.8. The minimum Gasteiger partial charge on any atom is -0.494 e. The van der Waals surface area contributed by atoms with E-state index in [9.17, 15) is 19.2 Å². The highest BCUT2D eigenvalue weighted by molar-refractivity contribution is 5.96. The molecule has 0 amide bonds. The largest absolute Gasteiger partial charge is 0.494 e. The van der Waals surface area contributed by atoms with Crippen LogP contribution in [0.15, 0.2) is 121 Å². The highest BCUT2D eigenvalue weighted by Crippen LogP contribution is 2.24. The first kappa shape index (κ1) is 38.8. The van der Waals surface area contributed by atoms with Gasteiger partial charge in [-0.1, -0.05) is 45.6 Å². The van der Waals surface area contributed by atoms with Crippen LogP contribution in [-0.4, -0.2) is 37.1 Å². The normalized spacial score (nSPS) is 10.6. The van der Waals surface area contributed by atoms with Crippen molar-refractivity contribution in [2.45, 2.75) is 52.4 Å². The van der Waals surface area contributed by atoms with Gasteiger partial charge in [0, 0.05) is 6.07 Å². The maximum atomic E-state index is 12.9. The molecule has 0 aliphatic heterocycles. The van der Waals surface area contributed by atoms with Crippen molar-refractivity contribution in [3.05, 3.63) is 144 Å². The molecule has 0 unspecified atom stereocenters. The van der Waals surface area contributed by atoms with Crippen LogP contribution in [0.25, 0.3) is 0 Å². The zero-order valence-corrected chi connectivity index (χ0v) is 30.3. The number of hydrogen-bond donors (Lipinski definition) is 0. The maximum absolute atomic E-state index is 12.9. The molecule has 10 nitrogen and oxygen atoms in total. The Balaban J connectivity index is 1.09. The van der Waals surface area contributed by atoms with Crippen molar-refractivity contribution in [2.24, 2.45) is 0 Å². The Morgan fingerprint density at radius 2 is 0.667 bits per heavy atom. The van der Waals surface area contributed by atoms with Crippen LogP contribution >= 0.6 is 0 Å². The van der Waals surface area contributed by atoms with Crippen LogP contribution in [0.1, 0.15) is 93.8 Å². The Kier molecular flexibility index (Phi) is 14.4. The maximum Gasteiger partial charge on any atom is 0.343 e. The molecular weight excluding hydrogens is 688 g/mol. The van der Waals surface area contributed by atoms with Crippen LogP contribution in [0.2, 0.25) is 0 Å². The lowest BCUT2D eigenvalue weighted by molar-refractivity contribution is 0.0714. The molecule has 0 spiro atoms. The SMILES string of the molecule is CCCCCOc1ccc(OC(=O)c2ccc(C(=O)Oc3cccc(OC(=O)c4ccc(C(=O)Oc5ccc(OCCCCC)cc5)cc4)c3)cc2)cc1. The van der Waals surface area contributed by atoms with Crippen molar-refractivity contribution in [3.63, 3.8) is 0 Å². The van der Waals surface area contributed by atoms with Gasteiger partial charge in [-0.3, -0.25) is 0 Å². The molecule has 5 aromatic rings. The Labute approximate surface area is 314 Å². The predicted octanol–water partition coefficient (Wildman–Crippen LogP) is 9.70. The zero-order valence-electron chi connectivity index (χ0n) is 30.3. The summed E-state index contributed by atoms with van der Waals surface area (Å²) in [5.74, 6) is -0.116. The van der Waals surface area contributed by atoms with Gasteiger partial charge in [-0.2, -0.15) is 0 Å². The Hall–Kier alpha value is -6.42. The van der Waals surface area contributed by atoms with Gasteiger partial charge in [0.05, 0.1) is 35.5 Å². The summed E-state index contributed by atoms with van der Waals surface area (Å²) < 4.78 is 33.2. The number of benzene rings is 5. The van der Waals surface area contributed by atoms with Crippen molar-refractivity contribution in [1.82, 2.24) is 0 Å². The molecule has 0 heterocycles. The van der Waals surface area contributed by atoms with Crippen molar-refractivity contribution < 1.29 is 47.6 Å². The highest BCUT2D eigenvalue weighted by atomic mass is 16.6. The molecule has 5 rings (SSSR count). The van der Waals surface area contributed by atoms with Gasteiger partial charge in [-0.25, -0.2) is 19.2 Å². The molecule has 0 aliphatic carbocycles. The fourth-order valence-corrected chi connectivity index (χ4v) is 5.04. The summed E-state index contributed by atoms with van der Waals surface area (Å²) in [6.45, 7) is 5.52. The number of hydrogen-bond acceptors (Lipinski definition) is 10. The van der Waals surface area contributed by atoms with Gasteiger partial charge >= 0.3 is 23.9 Å². The average molecular weight is 731 g/mol. The van der Waals surface area contributed by atoms with E-state index in [0.717, 1.165) is 38.5 Å². The molecule has 0 radical (unpaired) electrons. The van der Waals surface area contributed by atoms with E-state index in [-0.39, 0.29) is 33.8 Å². The summed E-state index contributed by atoms with van der Waals surface area (Å²) in [5, 5.41) is 0. The van der Waals surface area contributed by atoms with E-state index < -0.39 is 23.9 Å². The van der Waals surface area contributed by atoms with Crippen LogP contribution < -0.4 is 28.4 Å². The average Bonchev–Trinajstić information content (AvgIpc) is 3.19. The van der Waals surface area contributed by atoms with Gasteiger partial charge in [-0.05, 0) is 122 Å². The second-order valence-corrected chi connectivity index (χ2v) is 12.2. The number of esters is 4. The van der Waals surface area contributed by atoms with E-state index >= 15 is 0 Å². The van der Waals surface area contributed by atoms with Gasteiger partial charge in [0.15, 0.2) is 0 Å². The third-order valence-corrected chi connectivity index (χ3v) is 8.04. The molecule has 0 saturated carbocycles. The van der Waals surface area contributed by atoms with Crippen LogP contribution in [-0.2, 0) is 0 Å². The lowest BCUT2D eigenvalue weighted by atomic mass is 10.1. The molecule has 0 saturated heterocycles. The topological polar surface area (TPSA) is 124 Å². The summed E-state index contributed by atoms with van der Waals surface area (Å²) in [5.41, 5.74) is 0.889. The first-order valence-corrected chi connectivity index (χ1v) is 18.0. The number of unbranched alkanes of at least 4 members (excludes halogenated alkanes) is 4. The van der Waals surface area contributed by atoms with E-state index in [4.69, 9.17) is 28.4 Å². The lowest BCUT2D eigenvalue weighted by Crippen LogP contribution is -2.12. The van der Waals surface area contributed by atoms with E-state index in [2.05, 4.69) is 13.8 Å². The minimum atomic E-state index is -0.679. The molecule has 0 N–H and O–H groups in total. The molecule has 0 fully saturated rings. The van der Waals surface area contributed by atoms with Crippen molar-refractivity contribution >= 4 is 23.9 Å². The van der Waals surface area contributed by atoms with Crippen molar-refractivity contribution in [2.75, 3.05) is 13.2 Å². The van der Waals surface area contributed by atoms with E-state index in [1.807, 2.05) is 0 Å². The standard InChI is InChI=1S/C44H42O10/c1-3-5-7-28-49-35-20-24-37(25-21-35)51-41(45)31-12-16-33(17-13-31)43(47)53-39-10-9-11-40(30-39)54-44(48)34-18-14-32(15-19-34)42(46)52-38-26-22-36(23-27-38)50-29-8-6-4-2/h9-27,30H,3-8,28-29H2,1-2H3. The number of carbonyl (C=O) groups excluding carboxylic acids is 4. The first-order chi connectivity index (χ1) is 26.3. The summed E-state index contributed by atoms with van der Waals surface area (Å²) in [4.78, 5) is 51.1. The van der Waals surface area contributed by atoms with Gasteiger partial charge < -0.3 is 28.4 Å². The zero-order chi connectivity index (χ0) is 38.1. The van der Waals surface area contributed by atoms with Crippen molar-refractivity contribution in [3.8, 4) is 34.5 Å². The van der Waals surface area contributed by atoms with Gasteiger partial charge in [0.1, 0.15) is 34.5 Å². The summed E-state index contributed by atoms with van der Waals surface area (Å²) in [6.07, 6.45) is 6.38. The summed E-state index contributed by atoms with van der Waals surface area (Å²) in [7, 11) is 0. The van der Waals surface area contributed by atoms with Gasteiger partial charge in [0.2, 0.25) is 0 Å². The number of ether oxygens (including phenoxy) is 6. The predicted molar refractivity (Wildman–Crippen MR) is 202 cm³/mol. The molecule has 10 heteroatoms. The van der Waals surface area contributed by atoms with Crippen LogP contribution in [0, 0.1) is 0 Å². The Bertz CT molecular complexity index is 1840. The third-order valence-electron chi connectivity index (χ3n) is 8.04. The molecule has 5 aromatic carbocycles. The molecule has 0 aliphatic rings. The molecule has 0 atom stereocenters. The van der Waals surface area contributed by atoms with Crippen LogP contribution in [0.4, 0.5) is 0 Å². The van der Waals surface area contributed by atoms with Gasteiger partial charge in [-0.15, -0.1) is 0 Å². The minimum absolute atomic E-state index is 0.140. The molecule has 0 aromatic heterocycles. The molecule has 278 valence electrons. The smallest absolute Gasteiger partial charge is 0.343 e. The second-order valence-electron chi connectivity index (χ2n) is 12.2. The fraction of sp³-hybridized carbons (Fsp3) is 0.227. The van der Waals surface area contributed by atoms with Gasteiger partial charge in [0.25, 0.3) is 0 Å². The highest BCUT2D eigenvalue weighted by Gasteiger charge is 2.16. The second kappa shape index (κ2) is 20.0. The summed E-state index contributed by atoms with van der Waals surface area (Å²) >= 11 is 0. The fourth-order valence-electron chi connectivity index (χ4n) is 5.04. The van der Waals surface area contributed by atoms with Crippen LogP contribution in [0.3, 0.4) is 0 Å². The van der Waals surface area contributed by atoms with E-state index in [0.29, 0.717) is 36.2 Å². The molecule has 0 bridgehead atoms. The molecule has 54 heavy (non-hydrogen) atoms.